The van der Waals surface area contributed by atoms with Gasteiger partial charge in [0.15, 0.2) is 0 Å². The van der Waals surface area contributed by atoms with Crippen molar-refractivity contribution in [2.24, 2.45) is 0 Å². The van der Waals surface area contributed by atoms with Gasteiger partial charge >= 0.3 is 0 Å². The molecule has 1 aliphatic heterocycles. The number of aliphatic hydroxyl groups is 1. The minimum absolute atomic E-state index is 0.0588. The van der Waals surface area contributed by atoms with Crippen LogP contribution < -0.4 is 10.1 Å². The number of para-hydroxylation sites is 1. The van der Waals surface area contributed by atoms with Crippen molar-refractivity contribution in [3.05, 3.63) is 65.7 Å². The molecule has 0 saturated heterocycles. The molecule has 110 valence electrons. The van der Waals surface area contributed by atoms with Crippen LogP contribution >= 0.6 is 0 Å². The molecule has 2 aromatic rings. The van der Waals surface area contributed by atoms with Crippen LogP contribution in [0.4, 0.5) is 0 Å². The van der Waals surface area contributed by atoms with Crippen LogP contribution in [0.1, 0.15) is 23.6 Å². The summed E-state index contributed by atoms with van der Waals surface area (Å²) in [5, 5.41) is 13.3. The van der Waals surface area contributed by atoms with Gasteiger partial charge < -0.3 is 15.2 Å². The van der Waals surface area contributed by atoms with Crippen LogP contribution in [-0.4, -0.2) is 24.4 Å². The Kier molecular flexibility index (Phi) is 4.53. The number of hydrogen-bond donors (Lipinski definition) is 2. The van der Waals surface area contributed by atoms with Gasteiger partial charge in [0, 0.05) is 24.1 Å². The number of rotatable bonds is 5. The molecule has 2 aromatic carbocycles. The molecule has 0 amide bonds. The van der Waals surface area contributed by atoms with E-state index in [0.717, 1.165) is 25.2 Å². The number of benzene rings is 2. The highest BCUT2D eigenvalue weighted by atomic mass is 16.5. The quantitative estimate of drug-likeness (QED) is 0.886. The SMILES string of the molecule is OC[C@H](Cc1ccccc1)NC1CCOc2ccccc21. The molecule has 0 fully saturated rings. The zero-order valence-electron chi connectivity index (χ0n) is 12.0. The summed E-state index contributed by atoms with van der Waals surface area (Å²) in [6.07, 6.45) is 1.76. The highest BCUT2D eigenvalue weighted by molar-refractivity contribution is 5.37. The predicted molar refractivity (Wildman–Crippen MR) is 83.5 cm³/mol. The molecule has 0 aliphatic carbocycles. The van der Waals surface area contributed by atoms with Gasteiger partial charge in [0.2, 0.25) is 0 Å². The molecule has 1 heterocycles. The van der Waals surface area contributed by atoms with E-state index in [0.29, 0.717) is 0 Å². The molecule has 21 heavy (non-hydrogen) atoms. The molecule has 0 bridgehead atoms. The topological polar surface area (TPSA) is 41.5 Å². The van der Waals surface area contributed by atoms with E-state index in [9.17, 15) is 5.11 Å². The first-order valence-electron chi connectivity index (χ1n) is 7.49. The minimum Gasteiger partial charge on any atom is -0.493 e. The van der Waals surface area contributed by atoms with Crippen molar-refractivity contribution in [2.75, 3.05) is 13.2 Å². The smallest absolute Gasteiger partial charge is 0.124 e. The fourth-order valence-corrected chi connectivity index (χ4v) is 2.87. The Labute approximate surface area is 125 Å². The van der Waals surface area contributed by atoms with Gasteiger partial charge in [-0.05, 0) is 18.1 Å². The second-order valence-electron chi connectivity index (χ2n) is 5.46. The molecular weight excluding hydrogens is 262 g/mol. The lowest BCUT2D eigenvalue weighted by atomic mass is 9.98. The molecule has 3 rings (SSSR count). The number of hydrogen-bond acceptors (Lipinski definition) is 3. The fraction of sp³-hybridized carbons (Fsp3) is 0.333. The van der Waals surface area contributed by atoms with Crippen molar-refractivity contribution in [2.45, 2.75) is 24.9 Å². The lowest BCUT2D eigenvalue weighted by Crippen LogP contribution is -2.39. The second kappa shape index (κ2) is 6.74. The Morgan fingerprint density at radius 2 is 1.86 bits per heavy atom. The summed E-state index contributed by atoms with van der Waals surface area (Å²) in [4.78, 5) is 0. The third kappa shape index (κ3) is 3.43. The van der Waals surface area contributed by atoms with Crippen LogP contribution in [0.25, 0.3) is 0 Å². The van der Waals surface area contributed by atoms with Crippen LogP contribution in [-0.2, 0) is 6.42 Å². The lowest BCUT2D eigenvalue weighted by Gasteiger charge is -2.30. The van der Waals surface area contributed by atoms with Crippen molar-refractivity contribution >= 4 is 0 Å². The van der Waals surface area contributed by atoms with Crippen molar-refractivity contribution in [1.29, 1.82) is 0 Å². The standard InChI is InChI=1S/C18H21NO2/c20-13-15(12-14-6-2-1-3-7-14)19-17-10-11-21-18-9-5-4-8-16(17)18/h1-9,15,17,19-20H,10-13H2/t15-,17?/m0/s1. The normalized spacial score (nSPS) is 18.6. The summed E-state index contributed by atoms with van der Waals surface area (Å²) in [5.41, 5.74) is 2.43. The van der Waals surface area contributed by atoms with Crippen molar-refractivity contribution < 1.29 is 9.84 Å². The van der Waals surface area contributed by atoms with E-state index in [1.54, 1.807) is 0 Å². The first kappa shape index (κ1) is 14.1. The van der Waals surface area contributed by atoms with Crippen molar-refractivity contribution in [3.8, 4) is 5.75 Å². The number of fused-ring (bicyclic) bond motifs is 1. The van der Waals surface area contributed by atoms with E-state index < -0.39 is 0 Å². The summed E-state index contributed by atoms with van der Waals surface area (Å²) in [6.45, 7) is 0.854. The van der Waals surface area contributed by atoms with E-state index in [1.165, 1.54) is 11.1 Å². The molecular formula is C18H21NO2. The zero-order valence-corrected chi connectivity index (χ0v) is 12.0. The van der Waals surface area contributed by atoms with Gasteiger partial charge in [-0.3, -0.25) is 0 Å². The summed E-state index contributed by atoms with van der Waals surface area (Å²) in [6, 6.07) is 18.7. The van der Waals surface area contributed by atoms with Crippen LogP contribution in [0.3, 0.4) is 0 Å². The Morgan fingerprint density at radius 3 is 2.67 bits per heavy atom. The van der Waals surface area contributed by atoms with E-state index in [4.69, 9.17) is 4.74 Å². The molecule has 3 nitrogen and oxygen atoms in total. The Morgan fingerprint density at radius 1 is 1.10 bits per heavy atom. The monoisotopic (exact) mass is 283 g/mol. The van der Waals surface area contributed by atoms with Gasteiger partial charge in [-0.1, -0.05) is 48.5 Å². The van der Waals surface area contributed by atoms with Gasteiger partial charge in [-0.15, -0.1) is 0 Å². The average molecular weight is 283 g/mol. The molecule has 0 saturated carbocycles. The summed E-state index contributed by atoms with van der Waals surface area (Å²) >= 11 is 0. The van der Waals surface area contributed by atoms with Crippen LogP contribution in [0.5, 0.6) is 5.75 Å². The van der Waals surface area contributed by atoms with Crippen molar-refractivity contribution in [1.82, 2.24) is 5.32 Å². The molecule has 2 atom stereocenters. The molecule has 2 N–H and O–H groups in total. The maximum absolute atomic E-state index is 9.67. The Balaban J connectivity index is 1.70. The van der Waals surface area contributed by atoms with Gasteiger partial charge in [0.05, 0.1) is 13.2 Å². The maximum Gasteiger partial charge on any atom is 0.124 e. The Hall–Kier alpha value is -1.84. The van der Waals surface area contributed by atoms with E-state index in [1.807, 2.05) is 36.4 Å². The predicted octanol–water partition coefficient (Wildman–Crippen LogP) is 2.70. The zero-order chi connectivity index (χ0) is 14.5. The molecule has 0 aromatic heterocycles. The third-order valence-electron chi connectivity index (χ3n) is 3.94. The molecule has 3 heteroatoms. The van der Waals surface area contributed by atoms with Crippen molar-refractivity contribution in [3.63, 3.8) is 0 Å². The summed E-state index contributed by atoms with van der Waals surface area (Å²) in [5.74, 6) is 0.956. The highest BCUT2D eigenvalue weighted by Crippen LogP contribution is 2.31. The lowest BCUT2D eigenvalue weighted by molar-refractivity contribution is 0.202. The average Bonchev–Trinajstić information content (AvgIpc) is 2.55. The van der Waals surface area contributed by atoms with E-state index in [2.05, 4.69) is 23.5 Å². The van der Waals surface area contributed by atoms with Crippen LogP contribution in [0.15, 0.2) is 54.6 Å². The fourth-order valence-electron chi connectivity index (χ4n) is 2.87. The number of nitrogens with one attached hydrogen (secondary N) is 1. The van der Waals surface area contributed by atoms with Crippen LogP contribution in [0, 0.1) is 0 Å². The molecule has 0 radical (unpaired) electrons. The largest absolute Gasteiger partial charge is 0.493 e. The van der Waals surface area contributed by atoms with E-state index in [-0.39, 0.29) is 18.7 Å². The summed E-state index contributed by atoms with van der Waals surface area (Å²) in [7, 11) is 0. The molecule has 1 aliphatic rings. The first-order chi connectivity index (χ1) is 10.4. The minimum atomic E-state index is 0.0588. The van der Waals surface area contributed by atoms with Gasteiger partial charge in [-0.25, -0.2) is 0 Å². The van der Waals surface area contributed by atoms with Gasteiger partial charge in [0.25, 0.3) is 0 Å². The number of aliphatic hydroxyl groups excluding tert-OH is 1. The van der Waals surface area contributed by atoms with E-state index >= 15 is 0 Å². The molecule has 0 spiro atoms. The third-order valence-corrected chi connectivity index (χ3v) is 3.94. The van der Waals surface area contributed by atoms with Gasteiger partial charge in [0.1, 0.15) is 5.75 Å². The first-order valence-corrected chi connectivity index (χ1v) is 7.49. The Bertz CT molecular complexity index is 570. The maximum atomic E-state index is 9.67. The summed E-state index contributed by atoms with van der Waals surface area (Å²) < 4.78 is 5.68. The molecule has 1 unspecified atom stereocenters. The number of ether oxygens (including phenoxy) is 1. The second-order valence-corrected chi connectivity index (χ2v) is 5.46. The van der Waals surface area contributed by atoms with Crippen LogP contribution in [0.2, 0.25) is 0 Å². The highest BCUT2D eigenvalue weighted by Gasteiger charge is 2.23. The van der Waals surface area contributed by atoms with Gasteiger partial charge in [-0.2, -0.15) is 0 Å².